The summed E-state index contributed by atoms with van der Waals surface area (Å²) in [6.45, 7) is 11.0. The Hall–Kier alpha value is -0.240. The predicted octanol–water partition coefficient (Wildman–Crippen LogP) is 2.71. The molecule has 4 aliphatic carbocycles. The average molecular weight is 483 g/mol. The SMILES string of the molecule is C[C@H](CC[C@H](C)[C@@H](C)CO)[C@H]1[C@@H](O)[C@H](O)[C@H]2[C@@H]3C[C@@H](O)[C@@]4(O)C[C@@H](O)CC[C@]4(C)[C@H]3CC[C@]12C. The molecular formula is C28H50O6. The van der Waals surface area contributed by atoms with Gasteiger partial charge in [-0.3, -0.25) is 0 Å². The maximum atomic E-state index is 11.6. The fourth-order valence-electron chi connectivity index (χ4n) is 9.55. The zero-order chi connectivity index (χ0) is 25.2. The van der Waals surface area contributed by atoms with Crippen LogP contribution in [0.1, 0.15) is 86.0 Å². The van der Waals surface area contributed by atoms with Gasteiger partial charge in [0.25, 0.3) is 0 Å². The highest BCUT2D eigenvalue weighted by molar-refractivity contribution is 5.19. The van der Waals surface area contributed by atoms with E-state index in [4.69, 9.17) is 0 Å². The molecule has 6 heteroatoms. The molecule has 4 aliphatic rings. The molecule has 6 N–H and O–H groups in total. The Kier molecular flexibility index (Phi) is 7.30. The summed E-state index contributed by atoms with van der Waals surface area (Å²) in [7, 11) is 0. The number of aliphatic hydroxyl groups is 6. The minimum atomic E-state index is -1.30. The normalized spacial score (nSPS) is 53.4. The van der Waals surface area contributed by atoms with Crippen LogP contribution in [0.2, 0.25) is 0 Å². The van der Waals surface area contributed by atoms with Crippen LogP contribution in [0, 0.1) is 52.3 Å². The number of rotatable bonds is 6. The lowest BCUT2D eigenvalue weighted by molar-refractivity contribution is -0.268. The largest absolute Gasteiger partial charge is 0.396 e. The Morgan fingerprint density at radius 2 is 1.56 bits per heavy atom. The molecular weight excluding hydrogens is 432 g/mol. The smallest absolute Gasteiger partial charge is 0.0985 e. The minimum Gasteiger partial charge on any atom is -0.396 e. The lowest BCUT2D eigenvalue weighted by Gasteiger charge is -2.65. The molecule has 0 aromatic heterocycles. The quantitative estimate of drug-likeness (QED) is 0.346. The van der Waals surface area contributed by atoms with E-state index in [0.717, 1.165) is 25.7 Å². The number of fused-ring (bicyclic) bond motifs is 5. The third kappa shape index (κ3) is 3.81. The Balaban J connectivity index is 1.59. The van der Waals surface area contributed by atoms with E-state index in [0.29, 0.717) is 25.2 Å². The summed E-state index contributed by atoms with van der Waals surface area (Å²) in [4.78, 5) is 0. The topological polar surface area (TPSA) is 121 Å². The summed E-state index contributed by atoms with van der Waals surface area (Å²) in [5, 5.41) is 65.4. The molecule has 0 saturated heterocycles. The van der Waals surface area contributed by atoms with Crippen LogP contribution in [0.15, 0.2) is 0 Å². The van der Waals surface area contributed by atoms with Gasteiger partial charge in [-0.1, -0.05) is 47.5 Å². The zero-order valence-corrected chi connectivity index (χ0v) is 21.9. The summed E-state index contributed by atoms with van der Waals surface area (Å²) >= 11 is 0. The van der Waals surface area contributed by atoms with Crippen molar-refractivity contribution in [3.05, 3.63) is 0 Å². The maximum Gasteiger partial charge on any atom is 0.0985 e. The van der Waals surface area contributed by atoms with Crippen molar-refractivity contribution >= 4 is 0 Å². The summed E-state index contributed by atoms with van der Waals surface area (Å²) in [6.07, 6.45) is 2.56. The first-order valence-corrected chi connectivity index (χ1v) is 13.9. The van der Waals surface area contributed by atoms with Crippen LogP contribution in [0.4, 0.5) is 0 Å². The van der Waals surface area contributed by atoms with Crippen LogP contribution in [0.5, 0.6) is 0 Å². The molecule has 0 amide bonds. The fraction of sp³-hybridized carbons (Fsp3) is 1.00. The molecule has 4 saturated carbocycles. The van der Waals surface area contributed by atoms with E-state index >= 15 is 0 Å². The highest BCUT2D eigenvalue weighted by Gasteiger charge is 2.70. The molecule has 0 spiro atoms. The van der Waals surface area contributed by atoms with Crippen molar-refractivity contribution in [2.75, 3.05) is 6.61 Å². The lowest BCUT2D eigenvalue weighted by Crippen LogP contribution is -2.69. The van der Waals surface area contributed by atoms with Gasteiger partial charge in [-0.15, -0.1) is 0 Å². The minimum absolute atomic E-state index is 0.0102. The van der Waals surface area contributed by atoms with Crippen molar-refractivity contribution in [3.8, 4) is 0 Å². The molecule has 0 radical (unpaired) electrons. The van der Waals surface area contributed by atoms with Crippen molar-refractivity contribution in [1.29, 1.82) is 0 Å². The van der Waals surface area contributed by atoms with E-state index in [1.807, 2.05) is 0 Å². The average Bonchev–Trinajstić information content (AvgIpc) is 2.98. The zero-order valence-electron chi connectivity index (χ0n) is 21.9. The van der Waals surface area contributed by atoms with Crippen molar-refractivity contribution < 1.29 is 30.6 Å². The van der Waals surface area contributed by atoms with Gasteiger partial charge in [-0.05, 0) is 78.9 Å². The van der Waals surface area contributed by atoms with Crippen LogP contribution >= 0.6 is 0 Å². The van der Waals surface area contributed by atoms with Crippen LogP contribution in [-0.2, 0) is 0 Å². The number of hydrogen-bond acceptors (Lipinski definition) is 6. The van der Waals surface area contributed by atoms with Crippen LogP contribution < -0.4 is 0 Å². The second kappa shape index (κ2) is 9.25. The Labute approximate surface area is 205 Å². The number of aliphatic hydroxyl groups excluding tert-OH is 5. The molecule has 198 valence electrons. The summed E-state index contributed by atoms with van der Waals surface area (Å²) in [6, 6.07) is 0. The van der Waals surface area contributed by atoms with E-state index in [1.165, 1.54) is 0 Å². The standard InChI is InChI=1S/C28H50O6/c1-15(17(3)14-29)6-7-16(2)22-24(32)25(33)23-19-12-21(31)28(34)13-18(30)8-11-27(28,5)20(19)9-10-26(22,23)4/h15-25,29-34H,6-14H2,1-5H3/t15-,16+,17-,18-,19+,20-,21+,22-,23+,24+,25+,26+,27+,28-/m0/s1. The van der Waals surface area contributed by atoms with Gasteiger partial charge in [0.2, 0.25) is 0 Å². The van der Waals surface area contributed by atoms with Gasteiger partial charge in [0.15, 0.2) is 0 Å². The van der Waals surface area contributed by atoms with Crippen LogP contribution in [-0.4, -0.2) is 67.3 Å². The first-order valence-electron chi connectivity index (χ1n) is 13.9. The van der Waals surface area contributed by atoms with Crippen molar-refractivity contribution in [1.82, 2.24) is 0 Å². The van der Waals surface area contributed by atoms with Crippen molar-refractivity contribution in [3.63, 3.8) is 0 Å². The van der Waals surface area contributed by atoms with E-state index in [-0.39, 0.29) is 54.0 Å². The Bertz CT molecular complexity index is 732. The molecule has 34 heavy (non-hydrogen) atoms. The van der Waals surface area contributed by atoms with E-state index < -0.39 is 35.4 Å². The maximum absolute atomic E-state index is 11.6. The highest BCUT2D eigenvalue weighted by atomic mass is 16.3. The van der Waals surface area contributed by atoms with Crippen LogP contribution in [0.3, 0.4) is 0 Å². The first kappa shape index (κ1) is 26.8. The Morgan fingerprint density at radius 3 is 2.21 bits per heavy atom. The Morgan fingerprint density at radius 1 is 0.882 bits per heavy atom. The van der Waals surface area contributed by atoms with Crippen molar-refractivity contribution in [2.45, 2.75) is 116 Å². The number of hydrogen-bond donors (Lipinski definition) is 6. The molecule has 0 aromatic carbocycles. The molecule has 4 rings (SSSR count). The molecule has 0 heterocycles. The van der Waals surface area contributed by atoms with Crippen molar-refractivity contribution in [2.24, 2.45) is 52.3 Å². The predicted molar refractivity (Wildman–Crippen MR) is 131 cm³/mol. The van der Waals surface area contributed by atoms with E-state index in [9.17, 15) is 30.6 Å². The lowest BCUT2D eigenvalue weighted by atomic mass is 9.42. The molecule has 0 aliphatic heterocycles. The van der Waals surface area contributed by atoms with Gasteiger partial charge in [0, 0.05) is 18.4 Å². The molecule has 0 aromatic rings. The third-order valence-corrected chi connectivity index (χ3v) is 11.9. The van der Waals surface area contributed by atoms with Gasteiger partial charge >= 0.3 is 0 Å². The molecule has 0 unspecified atom stereocenters. The van der Waals surface area contributed by atoms with Crippen LogP contribution in [0.25, 0.3) is 0 Å². The summed E-state index contributed by atoms with van der Waals surface area (Å²) < 4.78 is 0. The highest BCUT2D eigenvalue weighted by Crippen LogP contribution is 2.69. The van der Waals surface area contributed by atoms with Gasteiger partial charge in [-0.25, -0.2) is 0 Å². The van der Waals surface area contributed by atoms with Gasteiger partial charge in [-0.2, -0.15) is 0 Å². The molecule has 14 atom stereocenters. The van der Waals surface area contributed by atoms with Gasteiger partial charge in [0.05, 0.1) is 30.0 Å². The second-order valence-corrected chi connectivity index (χ2v) is 13.5. The van der Waals surface area contributed by atoms with E-state index in [2.05, 4.69) is 34.6 Å². The molecule has 4 fully saturated rings. The fourth-order valence-corrected chi connectivity index (χ4v) is 9.55. The van der Waals surface area contributed by atoms with Gasteiger partial charge in [0.1, 0.15) is 0 Å². The monoisotopic (exact) mass is 482 g/mol. The summed E-state index contributed by atoms with van der Waals surface area (Å²) in [5.74, 6) is 0.993. The van der Waals surface area contributed by atoms with E-state index in [1.54, 1.807) is 0 Å². The summed E-state index contributed by atoms with van der Waals surface area (Å²) in [5.41, 5.74) is -2.01. The second-order valence-electron chi connectivity index (χ2n) is 13.5. The molecule has 6 nitrogen and oxygen atoms in total. The first-order chi connectivity index (χ1) is 15.8. The molecule has 0 bridgehead atoms. The third-order valence-electron chi connectivity index (χ3n) is 11.9. The van der Waals surface area contributed by atoms with Gasteiger partial charge < -0.3 is 30.6 Å².